The Morgan fingerprint density at radius 2 is 2.15 bits per heavy atom. The molecule has 2 amide bonds. The minimum atomic E-state index is -0.860. The fourth-order valence-corrected chi connectivity index (χ4v) is 2.57. The summed E-state index contributed by atoms with van der Waals surface area (Å²) in [6.07, 6.45) is 0.491. The smallest absolute Gasteiger partial charge is 0.317 e. The molecule has 5 nitrogen and oxygen atoms in total. The van der Waals surface area contributed by atoms with Crippen molar-refractivity contribution in [2.75, 3.05) is 13.1 Å². The first-order chi connectivity index (χ1) is 9.47. The minimum Gasteiger partial charge on any atom is -0.481 e. The largest absolute Gasteiger partial charge is 0.481 e. The molecule has 0 radical (unpaired) electrons. The maximum absolute atomic E-state index is 11.9. The van der Waals surface area contributed by atoms with Crippen LogP contribution < -0.4 is 5.32 Å². The number of carboxylic acids is 1. The Hall–Kier alpha value is -1.46. The van der Waals surface area contributed by atoms with Crippen molar-refractivity contribution in [3.05, 3.63) is 33.8 Å². The van der Waals surface area contributed by atoms with E-state index < -0.39 is 11.9 Å². The number of hydrogen-bond acceptors (Lipinski definition) is 2. The zero-order valence-corrected chi connectivity index (χ0v) is 12.1. The second-order valence-electron chi connectivity index (χ2n) is 4.66. The minimum absolute atomic E-state index is 0.246. The quantitative estimate of drug-likeness (QED) is 0.900. The fourth-order valence-electron chi connectivity index (χ4n) is 2.09. The van der Waals surface area contributed by atoms with Crippen molar-refractivity contribution in [3.63, 3.8) is 0 Å². The molecular weight excluding hydrogens is 303 g/mol. The number of aliphatic carboxylic acids is 1. The van der Waals surface area contributed by atoms with Crippen LogP contribution in [-0.2, 0) is 11.3 Å². The Bertz CT molecular complexity index is 536. The molecule has 2 N–H and O–H groups in total. The van der Waals surface area contributed by atoms with Gasteiger partial charge in [0.1, 0.15) is 0 Å². The molecule has 108 valence electrons. The van der Waals surface area contributed by atoms with Crippen molar-refractivity contribution < 1.29 is 14.7 Å². The van der Waals surface area contributed by atoms with Gasteiger partial charge in [-0.1, -0.05) is 29.3 Å². The number of carbonyl (C=O) groups excluding carboxylic acids is 1. The number of amides is 2. The van der Waals surface area contributed by atoms with Gasteiger partial charge in [-0.3, -0.25) is 4.79 Å². The van der Waals surface area contributed by atoms with Crippen LogP contribution in [0.3, 0.4) is 0 Å². The van der Waals surface area contributed by atoms with Gasteiger partial charge in [0, 0.05) is 29.7 Å². The third-order valence-electron chi connectivity index (χ3n) is 3.27. The molecule has 2 rings (SSSR count). The summed E-state index contributed by atoms with van der Waals surface area (Å²) in [6, 6.07) is 4.78. The van der Waals surface area contributed by atoms with Crippen LogP contribution in [0.5, 0.6) is 0 Å². The van der Waals surface area contributed by atoms with E-state index in [1.807, 2.05) is 0 Å². The summed E-state index contributed by atoms with van der Waals surface area (Å²) in [6.45, 7) is 0.982. The molecule has 1 saturated heterocycles. The van der Waals surface area contributed by atoms with Crippen LogP contribution in [0.2, 0.25) is 10.0 Å². The monoisotopic (exact) mass is 316 g/mol. The summed E-state index contributed by atoms with van der Waals surface area (Å²) < 4.78 is 0. The number of hydrogen-bond donors (Lipinski definition) is 2. The number of benzene rings is 1. The van der Waals surface area contributed by atoms with Crippen molar-refractivity contribution >= 4 is 35.2 Å². The molecule has 1 heterocycles. The van der Waals surface area contributed by atoms with Crippen molar-refractivity contribution in [1.82, 2.24) is 10.2 Å². The molecular formula is C13H14Cl2N2O3. The summed E-state index contributed by atoms with van der Waals surface area (Å²) in [5, 5.41) is 12.6. The van der Waals surface area contributed by atoms with Crippen LogP contribution in [0.4, 0.5) is 4.79 Å². The normalized spacial score (nSPS) is 18.1. The van der Waals surface area contributed by atoms with Gasteiger partial charge in [-0.05, 0) is 24.1 Å². The molecule has 1 aliphatic rings. The number of halogens is 2. The van der Waals surface area contributed by atoms with Crippen molar-refractivity contribution in [3.8, 4) is 0 Å². The Kier molecular flexibility index (Phi) is 4.73. The molecule has 0 bridgehead atoms. The lowest BCUT2D eigenvalue weighted by Gasteiger charge is -2.17. The first kappa shape index (κ1) is 14.9. The van der Waals surface area contributed by atoms with Gasteiger partial charge in [0.25, 0.3) is 0 Å². The number of carboxylic acid groups (broad SMARTS) is 1. The van der Waals surface area contributed by atoms with Gasteiger partial charge in [0.15, 0.2) is 0 Å². The average Bonchev–Trinajstić information content (AvgIpc) is 2.87. The van der Waals surface area contributed by atoms with Gasteiger partial charge in [0.2, 0.25) is 0 Å². The topological polar surface area (TPSA) is 69.6 Å². The third-order valence-corrected chi connectivity index (χ3v) is 3.86. The highest BCUT2D eigenvalue weighted by molar-refractivity contribution is 6.35. The molecule has 0 spiro atoms. The van der Waals surface area contributed by atoms with E-state index in [0.717, 1.165) is 5.56 Å². The molecule has 1 fully saturated rings. The van der Waals surface area contributed by atoms with Gasteiger partial charge in [-0.15, -0.1) is 0 Å². The summed E-state index contributed by atoms with van der Waals surface area (Å²) in [4.78, 5) is 24.3. The highest BCUT2D eigenvalue weighted by atomic mass is 35.5. The maximum Gasteiger partial charge on any atom is 0.317 e. The van der Waals surface area contributed by atoms with Crippen molar-refractivity contribution in [2.45, 2.75) is 13.0 Å². The summed E-state index contributed by atoms with van der Waals surface area (Å²) in [5.41, 5.74) is 0.762. The second kappa shape index (κ2) is 6.33. The Morgan fingerprint density at radius 3 is 2.75 bits per heavy atom. The number of nitrogens with zero attached hydrogens (tertiary/aromatic N) is 1. The number of carbonyl (C=O) groups is 2. The lowest BCUT2D eigenvalue weighted by atomic mass is 10.1. The number of likely N-dealkylation sites (tertiary alicyclic amines) is 1. The molecule has 0 aromatic heterocycles. The van der Waals surface area contributed by atoms with Gasteiger partial charge >= 0.3 is 12.0 Å². The van der Waals surface area contributed by atoms with E-state index in [-0.39, 0.29) is 19.1 Å². The van der Waals surface area contributed by atoms with Crippen LogP contribution in [0.25, 0.3) is 0 Å². The van der Waals surface area contributed by atoms with Crippen LogP contribution in [0, 0.1) is 5.92 Å². The molecule has 20 heavy (non-hydrogen) atoms. The van der Waals surface area contributed by atoms with E-state index >= 15 is 0 Å². The number of nitrogens with one attached hydrogen (secondary N) is 1. The predicted octanol–water partition coefficient (Wildman–Crippen LogP) is 2.61. The third kappa shape index (κ3) is 3.55. The average molecular weight is 317 g/mol. The van der Waals surface area contributed by atoms with Gasteiger partial charge in [-0.25, -0.2) is 4.79 Å². The molecule has 1 aliphatic heterocycles. The SMILES string of the molecule is O=C(O)C1CCN(C(=O)NCc2ccc(Cl)cc2Cl)C1. The number of rotatable bonds is 3. The lowest BCUT2D eigenvalue weighted by Crippen LogP contribution is -2.38. The zero-order chi connectivity index (χ0) is 14.7. The zero-order valence-electron chi connectivity index (χ0n) is 10.6. The fraction of sp³-hybridized carbons (Fsp3) is 0.385. The number of urea groups is 1. The van der Waals surface area contributed by atoms with Crippen molar-refractivity contribution in [1.29, 1.82) is 0 Å². The molecule has 1 atom stereocenters. The van der Waals surface area contributed by atoms with Crippen LogP contribution in [0.1, 0.15) is 12.0 Å². The van der Waals surface area contributed by atoms with E-state index in [0.29, 0.717) is 23.0 Å². The van der Waals surface area contributed by atoms with E-state index in [2.05, 4.69) is 5.32 Å². The Balaban J connectivity index is 1.88. The van der Waals surface area contributed by atoms with Crippen LogP contribution in [0.15, 0.2) is 18.2 Å². The predicted molar refractivity (Wildman–Crippen MR) is 76.0 cm³/mol. The van der Waals surface area contributed by atoms with E-state index in [1.54, 1.807) is 18.2 Å². The van der Waals surface area contributed by atoms with E-state index in [4.69, 9.17) is 28.3 Å². The Morgan fingerprint density at radius 1 is 1.40 bits per heavy atom. The molecule has 1 aromatic rings. The van der Waals surface area contributed by atoms with Crippen LogP contribution >= 0.6 is 23.2 Å². The lowest BCUT2D eigenvalue weighted by molar-refractivity contribution is -0.141. The summed E-state index contributed by atoms with van der Waals surface area (Å²) >= 11 is 11.8. The van der Waals surface area contributed by atoms with Gasteiger partial charge in [-0.2, -0.15) is 0 Å². The highest BCUT2D eigenvalue weighted by Crippen LogP contribution is 2.21. The summed E-state index contributed by atoms with van der Waals surface area (Å²) in [7, 11) is 0. The van der Waals surface area contributed by atoms with Crippen molar-refractivity contribution in [2.24, 2.45) is 5.92 Å². The second-order valence-corrected chi connectivity index (χ2v) is 5.51. The van der Waals surface area contributed by atoms with Gasteiger partial charge < -0.3 is 15.3 Å². The van der Waals surface area contributed by atoms with Gasteiger partial charge in [0.05, 0.1) is 5.92 Å². The van der Waals surface area contributed by atoms with E-state index in [1.165, 1.54) is 4.90 Å². The first-order valence-corrected chi connectivity index (χ1v) is 6.92. The standard InChI is InChI=1S/C13H14Cl2N2O3/c14-10-2-1-8(11(15)5-10)6-16-13(20)17-4-3-9(7-17)12(18)19/h1-2,5,9H,3-4,6-7H2,(H,16,20)(H,18,19). The van der Waals surface area contributed by atoms with Crippen LogP contribution in [-0.4, -0.2) is 35.1 Å². The molecule has 1 aromatic carbocycles. The van der Waals surface area contributed by atoms with E-state index in [9.17, 15) is 9.59 Å². The highest BCUT2D eigenvalue weighted by Gasteiger charge is 2.30. The molecule has 1 unspecified atom stereocenters. The molecule has 0 saturated carbocycles. The molecule has 0 aliphatic carbocycles. The summed E-state index contributed by atoms with van der Waals surface area (Å²) in [5.74, 6) is -1.33. The molecule has 7 heteroatoms. The maximum atomic E-state index is 11.9. The Labute approximate surface area is 126 Å². The first-order valence-electron chi connectivity index (χ1n) is 6.17.